The van der Waals surface area contributed by atoms with E-state index in [0.717, 1.165) is 12.3 Å². The number of nitriles is 2. The number of nitrogens with one attached hydrogen (secondary N) is 1. The van der Waals surface area contributed by atoms with Crippen LogP contribution in [0, 0.1) is 28.5 Å². The molecule has 0 aliphatic heterocycles. The molecule has 5 nitrogen and oxygen atoms in total. The third-order valence-corrected chi connectivity index (χ3v) is 2.00. The first-order chi connectivity index (χ1) is 8.62. The summed E-state index contributed by atoms with van der Waals surface area (Å²) in [7, 11) is 1.20. The van der Waals surface area contributed by atoms with E-state index in [1.165, 1.54) is 19.2 Å². The number of carbonyl (C=O) groups is 1. The summed E-state index contributed by atoms with van der Waals surface area (Å²) in [6.07, 6.45) is 1.08. The summed E-state index contributed by atoms with van der Waals surface area (Å²) in [5.41, 5.74) is -0.0672. The largest absolute Gasteiger partial charge is 0.465 e. The Morgan fingerprint density at radius 1 is 1.44 bits per heavy atom. The van der Waals surface area contributed by atoms with Crippen LogP contribution in [0.2, 0.25) is 0 Å². The molecule has 0 heterocycles. The average molecular weight is 245 g/mol. The van der Waals surface area contributed by atoms with Crippen molar-refractivity contribution in [1.82, 2.24) is 0 Å². The molecule has 1 N–H and O–H groups in total. The fourth-order valence-electron chi connectivity index (χ4n) is 1.12. The van der Waals surface area contributed by atoms with Gasteiger partial charge in [0, 0.05) is 6.20 Å². The van der Waals surface area contributed by atoms with Crippen molar-refractivity contribution in [2.75, 3.05) is 12.4 Å². The highest BCUT2D eigenvalue weighted by Crippen LogP contribution is 2.16. The van der Waals surface area contributed by atoms with Crippen LogP contribution in [0.1, 0.15) is 10.4 Å². The summed E-state index contributed by atoms with van der Waals surface area (Å²) < 4.78 is 18.0. The van der Waals surface area contributed by atoms with Crippen LogP contribution in [0.3, 0.4) is 0 Å². The Kier molecular flexibility index (Phi) is 4.42. The van der Waals surface area contributed by atoms with Crippen LogP contribution in [0.25, 0.3) is 0 Å². The highest BCUT2D eigenvalue weighted by Gasteiger charge is 2.09. The number of ether oxygens (including phenoxy) is 1. The lowest BCUT2D eigenvalue weighted by molar-refractivity contribution is 0.0600. The summed E-state index contributed by atoms with van der Waals surface area (Å²) in [5.74, 6) is -1.34. The van der Waals surface area contributed by atoms with E-state index in [4.69, 9.17) is 10.5 Å². The van der Waals surface area contributed by atoms with Gasteiger partial charge in [-0.1, -0.05) is 0 Å². The number of benzene rings is 1. The van der Waals surface area contributed by atoms with Gasteiger partial charge in [-0.2, -0.15) is 10.5 Å². The van der Waals surface area contributed by atoms with E-state index in [1.54, 1.807) is 12.1 Å². The summed E-state index contributed by atoms with van der Waals surface area (Å²) in [6.45, 7) is 0. The average Bonchev–Trinajstić information content (AvgIpc) is 2.40. The van der Waals surface area contributed by atoms with Crippen molar-refractivity contribution in [1.29, 1.82) is 10.5 Å². The van der Waals surface area contributed by atoms with Crippen molar-refractivity contribution in [3.63, 3.8) is 0 Å². The van der Waals surface area contributed by atoms with E-state index in [1.807, 2.05) is 0 Å². The van der Waals surface area contributed by atoms with Crippen LogP contribution >= 0.6 is 0 Å². The van der Waals surface area contributed by atoms with Crippen LogP contribution in [-0.4, -0.2) is 13.1 Å². The predicted molar refractivity (Wildman–Crippen MR) is 60.7 cm³/mol. The smallest absolute Gasteiger partial charge is 0.337 e. The lowest BCUT2D eigenvalue weighted by atomic mass is 10.2. The molecule has 0 saturated carbocycles. The molecule has 0 spiro atoms. The minimum atomic E-state index is -0.690. The number of esters is 1. The number of nitrogens with zero attached hydrogens (tertiary/aromatic N) is 2. The van der Waals surface area contributed by atoms with Gasteiger partial charge in [-0.15, -0.1) is 0 Å². The number of methoxy groups -OCH3 is 1. The first kappa shape index (κ1) is 13.2. The topological polar surface area (TPSA) is 85.9 Å². The van der Waals surface area contributed by atoms with Gasteiger partial charge >= 0.3 is 5.97 Å². The maximum atomic E-state index is 13.5. The van der Waals surface area contributed by atoms with E-state index in [2.05, 4.69) is 10.1 Å². The molecule has 18 heavy (non-hydrogen) atoms. The third kappa shape index (κ3) is 3.06. The Hall–Kier alpha value is -2.86. The highest BCUT2D eigenvalue weighted by molar-refractivity contribution is 5.89. The van der Waals surface area contributed by atoms with Gasteiger partial charge in [0.05, 0.1) is 18.4 Å². The van der Waals surface area contributed by atoms with Gasteiger partial charge < -0.3 is 10.1 Å². The number of anilines is 1. The highest BCUT2D eigenvalue weighted by atomic mass is 19.1. The summed E-state index contributed by atoms with van der Waals surface area (Å²) in [6, 6.07) is 6.92. The summed E-state index contributed by atoms with van der Waals surface area (Å²) >= 11 is 0. The van der Waals surface area contributed by atoms with Gasteiger partial charge in [-0.25, -0.2) is 9.18 Å². The van der Waals surface area contributed by atoms with Crippen LogP contribution in [0.4, 0.5) is 10.1 Å². The number of hydrogen-bond acceptors (Lipinski definition) is 5. The van der Waals surface area contributed by atoms with E-state index in [-0.39, 0.29) is 16.8 Å². The van der Waals surface area contributed by atoms with Crippen molar-refractivity contribution in [2.24, 2.45) is 0 Å². The van der Waals surface area contributed by atoms with Crippen molar-refractivity contribution in [3.8, 4) is 12.1 Å². The van der Waals surface area contributed by atoms with Crippen molar-refractivity contribution < 1.29 is 13.9 Å². The molecule has 1 aromatic carbocycles. The molecule has 0 radical (unpaired) electrons. The van der Waals surface area contributed by atoms with Crippen LogP contribution in [-0.2, 0) is 4.74 Å². The Bertz CT molecular complexity index is 566. The minimum absolute atomic E-state index is 0.0469. The standard InChI is InChI=1S/C12H8FN3O2/c1-18-12(17)9-2-3-11(10(13)4-9)16-7-8(5-14)6-15/h2-4,7,16H,1H3. The molecule has 0 saturated heterocycles. The van der Waals surface area contributed by atoms with Crippen LogP contribution < -0.4 is 5.32 Å². The summed E-state index contributed by atoms with van der Waals surface area (Å²) in [5, 5.41) is 19.4. The molecular weight excluding hydrogens is 237 g/mol. The van der Waals surface area contributed by atoms with Gasteiger partial charge in [-0.3, -0.25) is 0 Å². The van der Waals surface area contributed by atoms with Crippen LogP contribution in [0.5, 0.6) is 0 Å². The van der Waals surface area contributed by atoms with E-state index in [9.17, 15) is 9.18 Å². The maximum Gasteiger partial charge on any atom is 0.337 e. The maximum absolute atomic E-state index is 13.5. The molecular formula is C12H8FN3O2. The Balaban J connectivity index is 2.95. The zero-order valence-corrected chi connectivity index (χ0v) is 9.40. The first-order valence-electron chi connectivity index (χ1n) is 4.77. The fraction of sp³-hybridized carbons (Fsp3) is 0.0833. The number of carbonyl (C=O) groups excluding carboxylic acids is 1. The SMILES string of the molecule is COC(=O)c1ccc(NC=C(C#N)C#N)c(F)c1. The van der Waals surface area contributed by atoms with Gasteiger partial charge in [0.1, 0.15) is 23.5 Å². The Morgan fingerprint density at radius 2 is 2.11 bits per heavy atom. The first-order valence-corrected chi connectivity index (χ1v) is 4.77. The lowest BCUT2D eigenvalue weighted by Crippen LogP contribution is -2.03. The van der Waals surface area contributed by atoms with Gasteiger partial charge in [0.2, 0.25) is 0 Å². The molecule has 0 amide bonds. The third-order valence-electron chi connectivity index (χ3n) is 2.00. The summed E-state index contributed by atoms with van der Waals surface area (Å²) in [4.78, 5) is 11.1. The molecule has 0 fully saturated rings. The molecule has 6 heteroatoms. The van der Waals surface area contributed by atoms with E-state index in [0.29, 0.717) is 0 Å². The monoisotopic (exact) mass is 245 g/mol. The van der Waals surface area contributed by atoms with Gasteiger partial charge in [0.25, 0.3) is 0 Å². The number of allylic oxidation sites excluding steroid dienone is 1. The van der Waals surface area contributed by atoms with Crippen molar-refractivity contribution >= 4 is 11.7 Å². The van der Waals surface area contributed by atoms with Crippen LogP contribution in [0.15, 0.2) is 30.0 Å². The normalized spacial score (nSPS) is 8.67. The second-order valence-corrected chi connectivity index (χ2v) is 3.11. The zero-order chi connectivity index (χ0) is 13.5. The predicted octanol–water partition coefficient (Wildman–Crippen LogP) is 1.96. The molecule has 90 valence electrons. The second kappa shape index (κ2) is 6.02. The van der Waals surface area contributed by atoms with Gasteiger partial charge in [-0.05, 0) is 18.2 Å². The molecule has 0 aromatic heterocycles. The number of halogens is 1. The van der Waals surface area contributed by atoms with Gasteiger partial charge in [0.15, 0.2) is 0 Å². The minimum Gasteiger partial charge on any atom is -0.465 e. The molecule has 0 aliphatic rings. The Morgan fingerprint density at radius 3 is 2.61 bits per heavy atom. The fourth-order valence-corrected chi connectivity index (χ4v) is 1.12. The Labute approximate surface area is 103 Å². The molecule has 0 bridgehead atoms. The number of rotatable bonds is 3. The second-order valence-electron chi connectivity index (χ2n) is 3.11. The molecule has 1 rings (SSSR count). The van der Waals surface area contributed by atoms with E-state index < -0.39 is 11.8 Å². The number of hydrogen-bond donors (Lipinski definition) is 1. The molecule has 0 aliphatic carbocycles. The quantitative estimate of drug-likeness (QED) is 0.649. The van der Waals surface area contributed by atoms with Crippen molar-refractivity contribution in [2.45, 2.75) is 0 Å². The van der Waals surface area contributed by atoms with Crippen molar-refractivity contribution in [3.05, 3.63) is 41.4 Å². The molecule has 0 atom stereocenters. The molecule has 0 unspecified atom stereocenters. The zero-order valence-electron chi connectivity index (χ0n) is 9.40. The molecule has 1 aromatic rings. The lowest BCUT2D eigenvalue weighted by Gasteiger charge is -2.04. The van der Waals surface area contributed by atoms with E-state index >= 15 is 0 Å².